The van der Waals surface area contributed by atoms with Crippen LogP contribution in [0, 0.1) is 6.92 Å². The van der Waals surface area contributed by atoms with Crippen molar-refractivity contribution in [2.24, 2.45) is 0 Å². The molecule has 1 N–H and O–H groups in total. The zero-order valence-corrected chi connectivity index (χ0v) is 17.1. The van der Waals surface area contributed by atoms with Crippen LogP contribution in [0.15, 0.2) is 24.3 Å². The average Bonchev–Trinajstić information content (AvgIpc) is 3.00. The number of rotatable bonds is 8. The van der Waals surface area contributed by atoms with Gasteiger partial charge in [-0.3, -0.25) is 4.79 Å². The molecule has 0 aliphatic carbocycles. The van der Waals surface area contributed by atoms with Crippen molar-refractivity contribution < 1.29 is 28.6 Å². The first-order valence-electron chi connectivity index (χ1n) is 8.82. The molecule has 0 aliphatic heterocycles. The Morgan fingerprint density at radius 3 is 2.43 bits per heavy atom. The molecule has 2 aromatic rings. The van der Waals surface area contributed by atoms with E-state index in [9.17, 15) is 14.4 Å². The van der Waals surface area contributed by atoms with Crippen LogP contribution in [0.1, 0.15) is 45.0 Å². The molecule has 0 saturated heterocycles. The highest BCUT2D eigenvalue weighted by molar-refractivity contribution is 7.16. The summed E-state index contributed by atoms with van der Waals surface area (Å²) in [6.45, 7) is 5.28. The fourth-order valence-electron chi connectivity index (χ4n) is 2.70. The maximum absolute atomic E-state index is 12.3. The first-order valence-corrected chi connectivity index (χ1v) is 9.63. The molecule has 1 aromatic heterocycles. The fourth-order valence-corrected chi connectivity index (χ4v) is 3.85. The van der Waals surface area contributed by atoms with Crippen LogP contribution in [-0.4, -0.2) is 38.2 Å². The number of anilines is 1. The van der Waals surface area contributed by atoms with E-state index in [0.717, 1.165) is 10.4 Å². The van der Waals surface area contributed by atoms with E-state index in [-0.39, 0.29) is 12.2 Å². The Kier molecular flexibility index (Phi) is 7.57. The maximum atomic E-state index is 12.3. The molecular weight excluding hydrogens is 382 g/mol. The lowest BCUT2D eigenvalue weighted by atomic mass is 10.1. The lowest BCUT2D eigenvalue weighted by Crippen LogP contribution is -2.22. The molecule has 0 atom stereocenters. The Labute approximate surface area is 167 Å². The minimum Gasteiger partial charge on any atom is -0.496 e. The van der Waals surface area contributed by atoms with Crippen LogP contribution in [0.25, 0.3) is 0 Å². The smallest absolute Gasteiger partial charge is 0.342 e. The number of hydrogen-bond donors (Lipinski definition) is 1. The second-order valence-corrected chi connectivity index (χ2v) is 6.96. The van der Waals surface area contributed by atoms with Crippen LogP contribution in [-0.2, 0) is 20.7 Å². The van der Waals surface area contributed by atoms with Gasteiger partial charge in [0.05, 0.1) is 19.3 Å². The highest BCUT2D eigenvalue weighted by Gasteiger charge is 2.24. The van der Waals surface area contributed by atoms with Crippen molar-refractivity contribution in [3.8, 4) is 5.75 Å². The zero-order chi connectivity index (χ0) is 20.7. The summed E-state index contributed by atoms with van der Waals surface area (Å²) < 4.78 is 15.3. The van der Waals surface area contributed by atoms with E-state index in [1.54, 1.807) is 31.2 Å². The number of nitrogens with one attached hydrogen (secondary N) is 1. The maximum Gasteiger partial charge on any atom is 0.342 e. The van der Waals surface area contributed by atoms with Crippen molar-refractivity contribution in [1.29, 1.82) is 0 Å². The molecule has 1 heterocycles. The Morgan fingerprint density at radius 1 is 1.07 bits per heavy atom. The van der Waals surface area contributed by atoms with Gasteiger partial charge in [-0.15, -0.1) is 11.3 Å². The summed E-state index contributed by atoms with van der Waals surface area (Å²) >= 11 is 1.29. The van der Waals surface area contributed by atoms with E-state index in [4.69, 9.17) is 14.2 Å². The molecular formula is C20H23NO6S. The van der Waals surface area contributed by atoms with E-state index in [2.05, 4.69) is 5.32 Å². The summed E-state index contributed by atoms with van der Waals surface area (Å²) in [5, 5.41) is 3.05. The van der Waals surface area contributed by atoms with Gasteiger partial charge < -0.3 is 19.5 Å². The summed E-state index contributed by atoms with van der Waals surface area (Å²) in [6, 6.07) is 6.58. The zero-order valence-electron chi connectivity index (χ0n) is 16.3. The molecule has 0 saturated carbocycles. The Balaban J connectivity index is 2.09. The van der Waals surface area contributed by atoms with Crippen LogP contribution >= 0.6 is 11.3 Å². The Morgan fingerprint density at radius 2 is 1.79 bits per heavy atom. The monoisotopic (exact) mass is 405 g/mol. The van der Waals surface area contributed by atoms with E-state index < -0.39 is 24.5 Å². The summed E-state index contributed by atoms with van der Waals surface area (Å²) in [5.41, 5.74) is 1.42. The quantitative estimate of drug-likeness (QED) is 0.675. The molecule has 0 aliphatic rings. The first-order chi connectivity index (χ1) is 13.4. The average molecular weight is 405 g/mol. The van der Waals surface area contributed by atoms with Crippen molar-refractivity contribution in [2.75, 3.05) is 25.6 Å². The molecule has 8 heteroatoms. The number of para-hydroxylation sites is 1. The van der Waals surface area contributed by atoms with Gasteiger partial charge in [-0.05, 0) is 38.0 Å². The number of esters is 2. The fraction of sp³-hybridized carbons (Fsp3) is 0.350. The molecule has 1 aromatic carbocycles. The normalized spacial score (nSPS) is 10.3. The van der Waals surface area contributed by atoms with Gasteiger partial charge in [-0.1, -0.05) is 19.1 Å². The first kappa shape index (κ1) is 21.4. The van der Waals surface area contributed by atoms with Crippen molar-refractivity contribution in [3.05, 3.63) is 45.8 Å². The van der Waals surface area contributed by atoms with E-state index in [1.807, 2.05) is 13.8 Å². The molecule has 28 heavy (non-hydrogen) atoms. The molecule has 0 fully saturated rings. The SMILES string of the molecule is CCOC(=O)c1c(NC(=O)COC(=O)c2ccccc2OC)sc(C)c1CC. The Bertz CT molecular complexity index is 874. The summed E-state index contributed by atoms with van der Waals surface area (Å²) in [7, 11) is 1.44. The lowest BCUT2D eigenvalue weighted by Gasteiger charge is -2.10. The molecule has 0 bridgehead atoms. The molecule has 0 radical (unpaired) electrons. The largest absolute Gasteiger partial charge is 0.496 e. The Hall–Kier alpha value is -2.87. The van der Waals surface area contributed by atoms with E-state index in [1.165, 1.54) is 18.4 Å². The number of aryl methyl sites for hydroxylation is 1. The van der Waals surface area contributed by atoms with Gasteiger partial charge in [-0.25, -0.2) is 9.59 Å². The third kappa shape index (κ3) is 4.89. The second-order valence-electron chi connectivity index (χ2n) is 5.74. The number of benzene rings is 1. The van der Waals surface area contributed by atoms with Gasteiger partial charge in [0.1, 0.15) is 16.3 Å². The number of amides is 1. The van der Waals surface area contributed by atoms with Crippen molar-refractivity contribution in [3.63, 3.8) is 0 Å². The predicted molar refractivity (Wildman–Crippen MR) is 106 cm³/mol. The molecule has 2 rings (SSSR count). The van der Waals surface area contributed by atoms with Gasteiger partial charge in [0.25, 0.3) is 5.91 Å². The molecule has 7 nitrogen and oxygen atoms in total. The van der Waals surface area contributed by atoms with Gasteiger partial charge in [0, 0.05) is 4.88 Å². The van der Waals surface area contributed by atoms with E-state index >= 15 is 0 Å². The van der Waals surface area contributed by atoms with Gasteiger partial charge in [0.15, 0.2) is 6.61 Å². The van der Waals surface area contributed by atoms with Crippen LogP contribution in [0.2, 0.25) is 0 Å². The van der Waals surface area contributed by atoms with Crippen LogP contribution < -0.4 is 10.1 Å². The number of thiophene rings is 1. The predicted octanol–water partition coefficient (Wildman–Crippen LogP) is 3.60. The highest BCUT2D eigenvalue weighted by Crippen LogP contribution is 2.34. The molecule has 150 valence electrons. The number of methoxy groups -OCH3 is 1. The number of carbonyl (C=O) groups is 3. The van der Waals surface area contributed by atoms with Crippen LogP contribution in [0.4, 0.5) is 5.00 Å². The topological polar surface area (TPSA) is 90.9 Å². The summed E-state index contributed by atoms with van der Waals surface area (Å²) in [4.78, 5) is 37.7. The van der Waals surface area contributed by atoms with Crippen LogP contribution in [0.3, 0.4) is 0 Å². The van der Waals surface area contributed by atoms with Gasteiger partial charge in [0.2, 0.25) is 0 Å². The summed E-state index contributed by atoms with van der Waals surface area (Å²) in [6.07, 6.45) is 0.634. The van der Waals surface area contributed by atoms with Crippen LogP contribution in [0.5, 0.6) is 5.75 Å². The van der Waals surface area contributed by atoms with Gasteiger partial charge in [-0.2, -0.15) is 0 Å². The van der Waals surface area contributed by atoms with Crippen molar-refractivity contribution in [1.82, 2.24) is 0 Å². The van der Waals surface area contributed by atoms with Gasteiger partial charge >= 0.3 is 11.9 Å². The number of ether oxygens (including phenoxy) is 3. The van der Waals surface area contributed by atoms with E-state index in [0.29, 0.717) is 22.7 Å². The number of hydrogen-bond acceptors (Lipinski definition) is 7. The minimum absolute atomic E-state index is 0.227. The summed E-state index contributed by atoms with van der Waals surface area (Å²) in [5.74, 6) is -1.34. The standard InChI is InChI=1S/C20H23NO6S/c1-5-13-12(3)28-18(17(13)20(24)26-6-2)21-16(22)11-27-19(23)14-9-7-8-10-15(14)25-4/h7-10H,5-6,11H2,1-4H3,(H,21,22). The number of carbonyl (C=O) groups excluding carboxylic acids is 3. The molecule has 0 unspecified atom stereocenters. The third-order valence-electron chi connectivity index (χ3n) is 3.96. The van der Waals surface area contributed by atoms with Crippen molar-refractivity contribution >= 4 is 34.2 Å². The molecule has 1 amide bonds. The third-order valence-corrected chi connectivity index (χ3v) is 5.02. The lowest BCUT2D eigenvalue weighted by molar-refractivity contribution is -0.119. The molecule has 0 spiro atoms. The second kappa shape index (κ2) is 9.89. The van der Waals surface area contributed by atoms with Crippen molar-refractivity contribution in [2.45, 2.75) is 27.2 Å². The highest BCUT2D eigenvalue weighted by atomic mass is 32.1. The minimum atomic E-state index is -0.671.